The second-order valence-electron chi connectivity index (χ2n) is 5.55. The van der Waals surface area contributed by atoms with Crippen molar-refractivity contribution in [1.29, 1.82) is 0 Å². The van der Waals surface area contributed by atoms with E-state index in [0.717, 1.165) is 11.5 Å². The molecule has 23 heavy (non-hydrogen) atoms. The van der Waals surface area contributed by atoms with Crippen molar-refractivity contribution in [2.75, 3.05) is 0 Å². The number of ether oxygens (including phenoxy) is 2. The van der Waals surface area contributed by atoms with Crippen molar-refractivity contribution in [3.63, 3.8) is 0 Å². The average Bonchev–Trinajstić information content (AvgIpc) is 2.59. The summed E-state index contributed by atoms with van der Waals surface area (Å²) in [6.45, 7) is 11.3. The molecule has 2 aromatic carbocycles. The molecule has 116 valence electrons. The van der Waals surface area contributed by atoms with E-state index in [1.54, 1.807) is 0 Å². The third-order valence-electron chi connectivity index (χ3n) is 3.71. The molecule has 2 aromatic rings. The summed E-state index contributed by atoms with van der Waals surface area (Å²) in [5.74, 6) is 1.53. The van der Waals surface area contributed by atoms with Gasteiger partial charge in [-0.25, -0.2) is 0 Å². The van der Waals surface area contributed by atoms with Crippen molar-refractivity contribution in [2.45, 2.75) is 19.3 Å². The van der Waals surface area contributed by atoms with Gasteiger partial charge in [-0.05, 0) is 35.4 Å². The average molecular weight is 304 g/mol. The van der Waals surface area contributed by atoms with Crippen molar-refractivity contribution in [3.05, 3.63) is 96.8 Å². The molecule has 0 aliphatic carbocycles. The van der Waals surface area contributed by atoms with Gasteiger partial charge in [0.05, 0.1) is 0 Å². The molecule has 0 heterocycles. The van der Waals surface area contributed by atoms with Crippen LogP contribution >= 0.6 is 0 Å². The molecule has 0 aromatic heterocycles. The zero-order chi connectivity index (χ0) is 16.7. The maximum atomic E-state index is 5.35. The lowest BCUT2D eigenvalue weighted by atomic mass is 9.78. The van der Waals surface area contributed by atoms with Gasteiger partial charge in [-0.15, -0.1) is 0 Å². The third kappa shape index (κ3) is 4.05. The Morgan fingerprint density at radius 1 is 0.739 bits per heavy atom. The molecule has 0 spiro atoms. The molecule has 0 amide bonds. The van der Waals surface area contributed by atoms with Crippen LogP contribution in [0.1, 0.15) is 25.0 Å². The van der Waals surface area contributed by atoms with Gasteiger partial charge in [0.25, 0.3) is 0 Å². The third-order valence-corrected chi connectivity index (χ3v) is 3.71. The minimum atomic E-state index is -0.125. The Hall–Kier alpha value is -2.92. The minimum absolute atomic E-state index is 0.125. The smallest absolute Gasteiger partial charge is 0.133 e. The van der Waals surface area contributed by atoms with Crippen LogP contribution in [0.2, 0.25) is 0 Å². The van der Waals surface area contributed by atoms with Gasteiger partial charge in [-0.1, -0.05) is 62.7 Å². The quantitative estimate of drug-likeness (QED) is 0.528. The SMILES string of the molecule is C=C=COc1ccc(C(C)(C)c2ccc(OC=C=C)cc2)cc1. The summed E-state index contributed by atoms with van der Waals surface area (Å²) in [5, 5.41) is 0. The second-order valence-corrected chi connectivity index (χ2v) is 5.55. The Labute approximate surface area is 137 Å². The molecule has 0 atom stereocenters. The highest BCUT2D eigenvalue weighted by Crippen LogP contribution is 2.33. The predicted molar refractivity (Wildman–Crippen MR) is 93.7 cm³/mol. The Bertz CT molecular complexity index is 674. The topological polar surface area (TPSA) is 18.5 Å². The molecular formula is C21H20O2. The maximum absolute atomic E-state index is 5.35. The van der Waals surface area contributed by atoms with Gasteiger partial charge in [-0.3, -0.25) is 0 Å². The van der Waals surface area contributed by atoms with E-state index in [1.807, 2.05) is 24.3 Å². The molecule has 2 nitrogen and oxygen atoms in total. The molecule has 2 rings (SSSR count). The lowest BCUT2D eigenvalue weighted by molar-refractivity contribution is 0.481. The highest BCUT2D eigenvalue weighted by Gasteiger charge is 2.23. The molecule has 0 radical (unpaired) electrons. The van der Waals surface area contributed by atoms with Crippen LogP contribution < -0.4 is 9.47 Å². The van der Waals surface area contributed by atoms with Crippen molar-refractivity contribution in [3.8, 4) is 11.5 Å². The maximum Gasteiger partial charge on any atom is 0.133 e. The fraction of sp³-hybridized carbons (Fsp3) is 0.143. The van der Waals surface area contributed by atoms with E-state index in [-0.39, 0.29) is 5.41 Å². The Kier molecular flexibility index (Phi) is 5.28. The molecule has 0 aliphatic heterocycles. The van der Waals surface area contributed by atoms with E-state index in [2.05, 4.69) is 62.7 Å². The summed E-state index contributed by atoms with van der Waals surface area (Å²) in [6, 6.07) is 16.0. The summed E-state index contributed by atoms with van der Waals surface area (Å²) >= 11 is 0. The monoisotopic (exact) mass is 304 g/mol. The van der Waals surface area contributed by atoms with E-state index in [4.69, 9.17) is 9.47 Å². The molecule has 0 bridgehead atoms. The van der Waals surface area contributed by atoms with E-state index >= 15 is 0 Å². The molecule has 0 saturated heterocycles. The van der Waals surface area contributed by atoms with E-state index < -0.39 is 0 Å². The first-order chi connectivity index (χ1) is 11.1. The molecule has 0 fully saturated rings. The summed E-state index contributed by atoms with van der Waals surface area (Å²) in [6.07, 6.45) is 2.88. The Morgan fingerprint density at radius 2 is 1.09 bits per heavy atom. The highest BCUT2D eigenvalue weighted by atomic mass is 16.5. The van der Waals surface area contributed by atoms with E-state index in [1.165, 1.54) is 23.7 Å². The molecular weight excluding hydrogens is 284 g/mol. The molecule has 2 heteroatoms. The van der Waals surface area contributed by atoms with Crippen molar-refractivity contribution >= 4 is 0 Å². The number of hydrogen-bond donors (Lipinski definition) is 0. The summed E-state index contributed by atoms with van der Waals surface area (Å²) in [4.78, 5) is 0. The molecule has 0 unspecified atom stereocenters. The van der Waals surface area contributed by atoms with Gasteiger partial charge in [0.1, 0.15) is 24.0 Å². The van der Waals surface area contributed by atoms with Gasteiger partial charge in [0, 0.05) is 5.41 Å². The molecule has 0 aliphatic rings. The van der Waals surface area contributed by atoms with Gasteiger partial charge in [0.2, 0.25) is 0 Å². The number of rotatable bonds is 6. The fourth-order valence-corrected chi connectivity index (χ4v) is 2.29. The summed E-state index contributed by atoms with van der Waals surface area (Å²) in [5.41, 5.74) is 7.45. The van der Waals surface area contributed by atoms with Gasteiger partial charge in [0.15, 0.2) is 0 Å². The summed E-state index contributed by atoms with van der Waals surface area (Å²) in [7, 11) is 0. The second kappa shape index (κ2) is 7.38. The number of hydrogen-bond acceptors (Lipinski definition) is 2. The normalized spacial score (nSPS) is 10.2. The van der Waals surface area contributed by atoms with E-state index in [0.29, 0.717) is 0 Å². The zero-order valence-electron chi connectivity index (χ0n) is 13.5. The fourth-order valence-electron chi connectivity index (χ4n) is 2.29. The van der Waals surface area contributed by atoms with Crippen LogP contribution in [0.25, 0.3) is 0 Å². The zero-order valence-corrected chi connectivity index (χ0v) is 13.5. The van der Waals surface area contributed by atoms with Gasteiger partial charge >= 0.3 is 0 Å². The van der Waals surface area contributed by atoms with Gasteiger partial charge < -0.3 is 9.47 Å². The standard InChI is InChI=1S/C21H20O2/c1-5-15-22-19-11-7-17(8-12-19)21(3,4)18-9-13-20(14-10-18)23-16-6-2/h7-16H,1-2H2,3-4H3. The van der Waals surface area contributed by atoms with Crippen LogP contribution in [0.15, 0.2) is 85.7 Å². The molecule has 0 saturated carbocycles. The minimum Gasteiger partial charge on any atom is -0.457 e. The Balaban J connectivity index is 2.22. The van der Waals surface area contributed by atoms with Crippen LogP contribution in [-0.4, -0.2) is 0 Å². The largest absolute Gasteiger partial charge is 0.457 e. The van der Waals surface area contributed by atoms with Crippen LogP contribution in [0.5, 0.6) is 11.5 Å². The van der Waals surface area contributed by atoms with Crippen LogP contribution in [0, 0.1) is 0 Å². The lowest BCUT2D eigenvalue weighted by Gasteiger charge is -2.26. The highest BCUT2D eigenvalue weighted by molar-refractivity contribution is 5.42. The first kappa shape index (κ1) is 16.5. The first-order valence-corrected chi connectivity index (χ1v) is 7.31. The first-order valence-electron chi connectivity index (χ1n) is 7.31. The van der Waals surface area contributed by atoms with Crippen LogP contribution in [0.3, 0.4) is 0 Å². The summed E-state index contributed by atoms with van der Waals surface area (Å²) < 4.78 is 10.7. The van der Waals surface area contributed by atoms with Crippen molar-refractivity contribution in [2.24, 2.45) is 0 Å². The van der Waals surface area contributed by atoms with Gasteiger partial charge in [-0.2, -0.15) is 0 Å². The van der Waals surface area contributed by atoms with Crippen LogP contribution in [0.4, 0.5) is 0 Å². The number of benzene rings is 2. The van der Waals surface area contributed by atoms with Crippen molar-refractivity contribution in [1.82, 2.24) is 0 Å². The van der Waals surface area contributed by atoms with Crippen molar-refractivity contribution < 1.29 is 9.47 Å². The van der Waals surface area contributed by atoms with Crippen LogP contribution in [-0.2, 0) is 5.41 Å². The van der Waals surface area contributed by atoms with E-state index in [9.17, 15) is 0 Å². The lowest BCUT2D eigenvalue weighted by Crippen LogP contribution is -2.18. The Morgan fingerprint density at radius 3 is 1.39 bits per heavy atom. The predicted octanol–water partition coefficient (Wildman–Crippen LogP) is 5.37. The molecule has 0 N–H and O–H groups in total.